The van der Waals surface area contributed by atoms with Crippen LogP contribution >= 0.6 is 0 Å². The van der Waals surface area contributed by atoms with Crippen LogP contribution in [0.15, 0.2) is 28.7 Å². The molecule has 1 fully saturated rings. The highest BCUT2D eigenvalue weighted by atomic mass is 16.5. The Labute approximate surface area is 129 Å². The molecule has 116 valence electrons. The molecule has 22 heavy (non-hydrogen) atoms. The van der Waals surface area contributed by atoms with Crippen LogP contribution in [0.4, 0.5) is 0 Å². The Bertz CT molecular complexity index is 630. The number of carbonyl (C=O) groups is 1. The van der Waals surface area contributed by atoms with Crippen molar-refractivity contribution < 1.29 is 13.9 Å². The molecule has 1 aromatic heterocycles. The summed E-state index contributed by atoms with van der Waals surface area (Å²) in [4.78, 5) is 13.9. The molecule has 1 saturated heterocycles. The third-order valence-electron chi connectivity index (χ3n) is 3.70. The van der Waals surface area contributed by atoms with E-state index in [0.29, 0.717) is 17.5 Å². The first-order chi connectivity index (χ1) is 10.7. The van der Waals surface area contributed by atoms with Crippen molar-refractivity contribution in [3.8, 4) is 17.2 Å². The molecule has 0 unspecified atom stereocenters. The Morgan fingerprint density at radius 2 is 1.91 bits per heavy atom. The summed E-state index contributed by atoms with van der Waals surface area (Å²) in [6.07, 6.45) is 3.38. The maximum absolute atomic E-state index is 12.0. The van der Waals surface area contributed by atoms with Gasteiger partial charge in [0.25, 0.3) is 5.91 Å². The molecule has 0 radical (unpaired) electrons. The fraction of sp³-hybridized carbons (Fsp3) is 0.438. The molecular formula is C16H19N3O3. The van der Waals surface area contributed by atoms with Crippen molar-refractivity contribution in [2.24, 2.45) is 0 Å². The number of likely N-dealkylation sites (tertiary alicyclic amines) is 1. The summed E-state index contributed by atoms with van der Waals surface area (Å²) >= 11 is 0. The van der Waals surface area contributed by atoms with Crippen LogP contribution in [0.25, 0.3) is 11.5 Å². The van der Waals surface area contributed by atoms with E-state index in [9.17, 15) is 4.79 Å². The van der Waals surface area contributed by atoms with Crippen molar-refractivity contribution in [2.75, 3.05) is 19.7 Å². The first-order valence-corrected chi connectivity index (χ1v) is 7.53. The van der Waals surface area contributed by atoms with Gasteiger partial charge in [-0.05, 0) is 43.5 Å². The van der Waals surface area contributed by atoms with E-state index in [0.717, 1.165) is 31.5 Å². The van der Waals surface area contributed by atoms with E-state index >= 15 is 0 Å². The summed E-state index contributed by atoms with van der Waals surface area (Å²) < 4.78 is 10.9. The number of carbonyl (C=O) groups excluding carboxylic acids is 1. The summed E-state index contributed by atoms with van der Waals surface area (Å²) in [5.41, 5.74) is 0.829. The van der Waals surface area contributed by atoms with Crippen molar-refractivity contribution in [3.63, 3.8) is 0 Å². The summed E-state index contributed by atoms with van der Waals surface area (Å²) in [6.45, 7) is 3.52. The number of ether oxygens (including phenoxy) is 1. The van der Waals surface area contributed by atoms with E-state index in [1.165, 1.54) is 6.42 Å². The van der Waals surface area contributed by atoms with Gasteiger partial charge in [0, 0.05) is 25.6 Å². The molecule has 2 aromatic rings. The molecule has 0 bridgehead atoms. The van der Waals surface area contributed by atoms with E-state index in [2.05, 4.69) is 10.2 Å². The average Bonchev–Trinajstić information content (AvgIpc) is 3.00. The molecular weight excluding hydrogens is 282 g/mol. The average molecular weight is 301 g/mol. The number of aromatic nitrogens is 2. The standard InChI is InChI=1S/C16H19N3O3/c1-12-17-18-16(22-12)13-5-7-14(8-6-13)21-11-15(20)19-9-3-2-4-10-19/h5-8H,2-4,9-11H2,1H3. The molecule has 6 heteroatoms. The second kappa shape index (κ2) is 6.60. The number of hydrogen-bond donors (Lipinski definition) is 0. The Morgan fingerprint density at radius 3 is 2.55 bits per heavy atom. The minimum Gasteiger partial charge on any atom is -0.484 e. The molecule has 0 saturated carbocycles. The monoisotopic (exact) mass is 301 g/mol. The van der Waals surface area contributed by atoms with Crippen molar-refractivity contribution in [1.82, 2.24) is 15.1 Å². The number of amides is 1. The zero-order valence-corrected chi connectivity index (χ0v) is 12.6. The molecule has 1 aromatic carbocycles. The Balaban J connectivity index is 1.56. The second-order valence-electron chi connectivity index (χ2n) is 5.38. The first kappa shape index (κ1) is 14.6. The van der Waals surface area contributed by atoms with Gasteiger partial charge < -0.3 is 14.1 Å². The molecule has 1 aliphatic heterocycles. The van der Waals surface area contributed by atoms with E-state index < -0.39 is 0 Å². The van der Waals surface area contributed by atoms with Crippen LogP contribution in [0.1, 0.15) is 25.2 Å². The largest absolute Gasteiger partial charge is 0.484 e. The fourth-order valence-electron chi connectivity index (χ4n) is 2.49. The lowest BCUT2D eigenvalue weighted by Gasteiger charge is -2.26. The van der Waals surface area contributed by atoms with Crippen LogP contribution in [-0.2, 0) is 4.79 Å². The van der Waals surface area contributed by atoms with Crippen LogP contribution in [0.3, 0.4) is 0 Å². The van der Waals surface area contributed by atoms with E-state index in [-0.39, 0.29) is 12.5 Å². The predicted molar refractivity (Wildman–Crippen MR) is 80.4 cm³/mol. The maximum atomic E-state index is 12.0. The molecule has 1 amide bonds. The minimum absolute atomic E-state index is 0.0521. The van der Waals surface area contributed by atoms with E-state index in [1.54, 1.807) is 19.1 Å². The van der Waals surface area contributed by atoms with Gasteiger partial charge in [0.2, 0.25) is 11.8 Å². The van der Waals surface area contributed by atoms with Crippen LogP contribution in [0.2, 0.25) is 0 Å². The second-order valence-corrected chi connectivity index (χ2v) is 5.38. The quantitative estimate of drug-likeness (QED) is 0.867. The van der Waals surface area contributed by atoms with Crippen molar-refractivity contribution in [2.45, 2.75) is 26.2 Å². The highest BCUT2D eigenvalue weighted by Gasteiger charge is 2.16. The number of aryl methyl sites for hydroxylation is 1. The Kier molecular flexibility index (Phi) is 4.37. The SMILES string of the molecule is Cc1nnc(-c2ccc(OCC(=O)N3CCCCC3)cc2)o1. The zero-order chi connectivity index (χ0) is 15.4. The molecule has 2 heterocycles. The summed E-state index contributed by atoms with van der Waals surface area (Å²) in [6, 6.07) is 7.29. The molecule has 6 nitrogen and oxygen atoms in total. The number of benzene rings is 1. The maximum Gasteiger partial charge on any atom is 0.260 e. The van der Waals surface area contributed by atoms with Gasteiger partial charge in [0.15, 0.2) is 6.61 Å². The van der Waals surface area contributed by atoms with Crippen LogP contribution in [0, 0.1) is 6.92 Å². The number of piperidine rings is 1. The van der Waals surface area contributed by atoms with Gasteiger partial charge in [0.05, 0.1) is 0 Å². The topological polar surface area (TPSA) is 68.5 Å². The number of nitrogens with zero attached hydrogens (tertiary/aromatic N) is 3. The number of rotatable bonds is 4. The summed E-state index contributed by atoms with van der Waals surface area (Å²) in [7, 11) is 0. The van der Waals surface area contributed by atoms with Crippen molar-refractivity contribution in [3.05, 3.63) is 30.2 Å². The fourth-order valence-corrected chi connectivity index (χ4v) is 2.49. The highest BCUT2D eigenvalue weighted by Crippen LogP contribution is 2.21. The van der Waals surface area contributed by atoms with Gasteiger partial charge in [-0.15, -0.1) is 10.2 Å². The third kappa shape index (κ3) is 3.44. The lowest BCUT2D eigenvalue weighted by molar-refractivity contribution is -0.134. The number of hydrogen-bond acceptors (Lipinski definition) is 5. The third-order valence-corrected chi connectivity index (χ3v) is 3.70. The van der Waals surface area contributed by atoms with E-state index in [4.69, 9.17) is 9.15 Å². The van der Waals surface area contributed by atoms with Gasteiger partial charge in [0.1, 0.15) is 5.75 Å². The molecule has 0 N–H and O–H groups in total. The lowest BCUT2D eigenvalue weighted by atomic mass is 10.1. The van der Waals surface area contributed by atoms with Crippen molar-refractivity contribution >= 4 is 5.91 Å². The van der Waals surface area contributed by atoms with Gasteiger partial charge >= 0.3 is 0 Å². The van der Waals surface area contributed by atoms with Gasteiger partial charge in [-0.3, -0.25) is 4.79 Å². The van der Waals surface area contributed by atoms with E-state index in [1.807, 2.05) is 17.0 Å². The van der Waals surface area contributed by atoms with Crippen LogP contribution in [-0.4, -0.2) is 40.7 Å². The minimum atomic E-state index is 0.0521. The Morgan fingerprint density at radius 1 is 1.18 bits per heavy atom. The highest BCUT2D eigenvalue weighted by molar-refractivity contribution is 5.77. The van der Waals surface area contributed by atoms with Gasteiger partial charge in [-0.25, -0.2) is 0 Å². The summed E-state index contributed by atoms with van der Waals surface area (Å²) in [5, 5.41) is 7.76. The van der Waals surface area contributed by atoms with Crippen LogP contribution in [0.5, 0.6) is 5.75 Å². The summed E-state index contributed by atoms with van der Waals surface area (Å²) in [5.74, 6) is 1.72. The normalized spacial score (nSPS) is 14.9. The zero-order valence-electron chi connectivity index (χ0n) is 12.6. The van der Waals surface area contributed by atoms with Crippen molar-refractivity contribution in [1.29, 1.82) is 0 Å². The first-order valence-electron chi connectivity index (χ1n) is 7.53. The molecule has 0 atom stereocenters. The molecule has 1 aliphatic rings. The molecule has 3 rings (SSSR count). The smallest absolute Gasteiger partial charge is 0.260 e. The van der Waals surface area contributed by atoms with Crippen LogP contribution < -0.4 is 4.74 Å². The van der Waals surface area contributed by atoms with Gasteiger partial charge in [-0.1, -0.05) is 0 Å². The Hall–Kier alpha value is -2.37. The molecule has 0 aliphatic carbocycles. The lowest BCUT2D eigenvalue weighted by Crippen LogP contribution is -2.38. The molecule has 0 spiro atoms. The van der Waals surface area contributed by atoms with Gasteiger partial charge in [-0.2, -0.15) is 0 Å². The predicted octanol–water partition coefficient (Wildman–Crippen LogP) is 2.44.